The van der Waals surface area contributed by atoms with Gasteiger partial charge in [-0.15, -0.1) is 0 Å². The summed E-state index contributed by atoms with van der Waals surface area (Å²) in [4.78, 5) is 73.5. The minimum atomic E-state index is -4.97. The zero-order valence-electron chi connectivity index (χ0n) is 74.5. The highest BCUT2D eigenvalue weighted by atomic mass is 31.2. The van der Waals surface area contributed by atoms with Crippen LogP contribution in [0.3, 0.4) is 0 Å². The predicted octanol–water partition coefficient (Wildman–Crippen LogP) is 29.5. The van der Waals surface area contributed by atoms with Crippen molar-refractivity contribution in [1.82, 2.24) is 0 Å². The van der Waals surface area contributed by atoms with Crippen molar-refractivity contribution < 1.29 is 80.2 Å². The molecule has 0 aliphatic heterocycles. The number of phosphoric acid groups is 2. The van der Waals surface area contributed by atoms with Gasteiger partial charge in [-0.05, 0) is 31.6 Å². The minimum absolute atomic E-state index is 0.110. The summed E-state index contributed by atoms with van der Waals surface area (Å²) in [5, 5.41) is 10.7. The summed E-state index contributed by atoms with van der Waals surface area (Å²) in [5.41, 5.74) is 0. The third-order valence-electron chi connectivity index (χ3n) is 22.3. The van der Waals surface area contributed by atoms with Crippen molar-refractivity contribution in [2.75, 3.05) is 39.6 Å². The van der Waals surface area contributed by atoms with E-state index in [1.807, 2.05) is 0 Å². The summed E-state index contributed by atoms with van der Waals surface area (Å²) in [5.74, 6) is -1.27. The maximum atomic E-state index is 13.2. The molecule has 5 atom stereocenters. The van der Waals surface area contributed by atoms with Crippen LogP contribution in [0.2, 0.25) is 0 Å². The number of unbranched alkanes of at least 4 members (excludes halogenated alkanes) is 66. The van der Waals surface area contributed by atoms with Crippen molar-refractivity contribution in [3.63, 3.8) is 0 Å². The Hall–Kier alpha value is -1.94. The lowest BCUT2D eigenvalue weighted by molar-refractivity contribution is -0.161. The first-order chi connectivity index (χ1) is 55.0. The van der Waals surface area contributed by atoms with E-state index in [0.29, 0.717) is 25.7 Å². The van der Waals surface area contributed by atoms with Crippen molar-refractivity contribution in [2.24, 2.45) is 5.92 Å². The summed E-state index contributed by atoms with van der Waals surface area (Å²) in [6, 6.07) is 0. The Bertz CT molecular complexity index is 2140. The van der Waals surface area contributed by atoms with Crippen LogP contribution in [0, 0.1) is 5.92 Å². The molecule has 2 unspecified atom stereocenters. The van der Waals surface area contributed by atoms with Gasteiger partial charge in [-0.25, -0.2) is 9.13 Å². The van der Waals surface area contributed by atoms with E-state index < -0.39 is 97.5 Å². The van der Waals surface area contributed by atoms with Gasteiger partial charge in [-0.3, -0.25) is 37.3 Å². The van der Waals surface area contributed by atoms with Crippen molar-refractivity contribution in [1.29, 1.82) is 0 Å². The van der Waals surface area contributed by atoms with Crippen LogP contribution in [0.1, 0.15) is 516 Å². The number of aliphatic hydroxyl groups excluding tert-OH is 1. The Kier molecular flexibility index (Phi) is 85.0. The maximum absolute atomic E-state index is 13.2. The zero-order chi connectivity index (χ0) is 82.6. The summed E-state index contributed by atoms with van der Waals surface area (Å²) in [6.45, 7) is 7.45. The average Bonchev–Trinajstić information content (AvgIpc) is 0.899. The van der Waals surface area contributed by atoms with E-state index in [-0.39, 0.29) is 25.7 Å². The molecule has 0 heterocycles. The maximum Gasteiger partial charge on any atom is 0.472 e. The second kappa shape index (κ2) is 86.4. The Morgan fingerprint density at radius 1 is 0.239 bits per heavy atom. The number of carbonyl (C=O) groups excluding carboxylic acids is 4. The molecule has 0 aromatic heterocycles. The van der Waals surface area contributed by atoms with Crippen molar-refractivity contribution >= 4 is 39.5 Å². The Morgan fingerprint density at radius 3 is 0.602 bits per heavy atom. The first-order valence-electron chi connectivity index (χ1n) is 48.6. The topological polar surface area (TPSA) is 237 Å². The lowest BCUT2D eigenvalue weighted by Gasteiger charge is -2.21. The van der Waals surface area contributed by atoms with Crippen LogP contribution >= 0.6 is 15.6 Å². The van der Waals surface area contributed by atoms with Gasteiger partial charge in [0.2, 0.25) is 0 Å². The quantitative estimate of drug-likeness (QED) is 0.0222. The monoisotopic (exact) mass is 1650 g/mol. The van der Waals surface area contributed by atoms with Crippen LogP contribution in [-0.4, -0.2) is 96.7 Å². The van der Waals surface area contributed by atoms with Gasteiger partial charge < -0.3 is 33.8 Å². The molecule has 0 saturated heterocycles. The summed E-state index contributed by atoms with van der Waals surface area (Å²) in [6.07, 6.45) is 83.5. The molecule has 672 valence electrons. The highest BCUT2D eigenvalue weighted by molar-refractivity contribution is 7.47. The average molecular weight is 1650 g/mol. The van der Waals surface area contributed by atoms with Crippen LogP contribution in [0.4, 0.5) is 0 Å². The summed E-state index contributed by atoms with van der Waals surface area (Å²) >= 11 is 0. The van der Waals surface area contributed by atoms with Crippen LogP contribution in [0.15, 0.2) is 0 Å². The van der Waals surface area contributed by atoms with E-state index in [4.69, 9.17) is 37.0 Å². The Balaban J connectivity index is 5.22. The largest absolute Gasteiger partial charge is 0.472 e. The number of hydrogen-bond acceptors (Lipinski definition) is 15. The summed E-state index contributed by atoms with van der Waals surface area (Å²) in [7, 11) is -9.94. The SMILES string of the molecule is CCCCCCCCCCCCCCCCCCCCCCCCC(=O)O[C@H](COC(=O)CCCCCCCCCCCCCCCCCCCCC(C)C)COP(=O)(O)OC[C@@H](O)COP(=O)(O)OC[C@@H](COC(=O)CCCCCCCCCCCCC)OC(=O)CCCCCCCCCCCCCCCCCCCCC. The zero-order valence-corrected chi connectivity index (χ0v) is 76.3. The molecule has 0 saturated carbocycles. The normalized spacial score (nSPS) is 13.6. The highest BCUT2D eigenvalue weighted by Crippen LogP contribution is 2.45. The van der Waals surface area contributed by atoms with Gasteiger partial charge in [0, 0.05) is 25.7 Å². The van der Waals surface area contributed by atoms with Gasteiger partial charge in [0.05, 0.1) is 26.4 Å². The highest BCUT2D eigenvalue weighted by Gasteiger charge is 2.31. The molecule has 0 aromatic carbocycles. The van der Waals surface area contributed by atoms with Crippen LogP contribution in [-0.2, 0) is 65.4 Å². The fraction of sp³-hybridized carbons (Fsp3) is 0.957. The van der Waals surface area contributed by atoms with E-state index in [9.17, 15) is 43.2 Å². The number of esters is 4. The van der Waals surface area contributed by atoms with Crippen LogP contribution < -0.4 is 0 Å². The van der Waals surface area contributed by atoms with Gasteiger partial charge >= 0.3 is 39.5 Å². The lowest BCUT2D eigenvalue weighted by atomic mass is 10.0. The van der Waals surface area contributed by atoms with Gasteiger partial charge in [0.25, 0.3) is 0 Å². The van der Waals surface area contributed by atoms with Crippen LogP contribution in [0.5, 0.6) is 0 Å². The van der Waals surface area contributed by atoms with Gasteiger partial charge in [-0.1, -0.05) is 465 Å². The smallest absolute Gasteiger partial charge is 0.462 e. The molecule has 3 N–H and O–H groups in total. The van der Waals surface area contributed by atoms with E-state index in [2.05, 4.69) is 34.6 Å². The van der Waals surface area contributed by atoms with Crippen LogP contribution in [0.25, 0.3) is 0 Å². The third-order valence-corrected chi connectivity index (χ3v) is 24.2. The first kappa shape index (κ1) is 111. The van der Waals surface area contributed by atoms with E-state index in [1.165, 1.54) is 340 Å². The van der Waals surface area contributed by atoms with Crippen molar-refractivity contribution in [3.05, 3.63) is 0 Å². The molecular formula is C94H184O17P2. The molecule has 0 rings (SSSR count). The molecule has 113 heavy (non-hydrogen) atoms. The molecule has 19 heteroatoms. The molecule has 0 bridgehead atoms. The van der Waals surface area contributed by atoms with Gasteiger partial charge in [-0.2, -0.15) is 0 Å². The number of hydrogen-bond donors (Lipinski definition) is 3. The predicted molar refractivity (Wildman–Crippen MR) is 469 cm³/mol. The van der Waals surface area contributed by atoms with Crippen molar-refractivity contribution in [2.45, 2.75) is 534 Å². The van der Waals surface area contributed by atoms with Gasteiger partial charge in [0.1, 0.15) is 19.3 Å². The molecule has 0 aromatic rings. The van der Waals surface area contributed by atoms with E-state index in [0.717, 1.165) is 95.8 Å². The molecule has 0 radical (unpaired) electrons. The van der Waals surface area contributed by atoms with Gasteiger partial charge in [0.15, 0.2) is 12.2 Å². The Morgan fingerprint density at radius 2 is 0.407 bits per heavy atom. The second-order valence-corrected chi connectivity index (χ2v) is 37.1. The number of aliphatic hydroxyl groups is 1. The molecule has 17 nitrogen and oxygen atoms in total. The number of ether oxygens (including phenoxy) is 4. The van der Waals surface area contributed by atoms with E-state index >= 15 is 0 Å². The third kappa shape index (κ3) is 87.7. The fourth-order valence-corrected chi connectivity index (χ4v) is 16.5. The number of carbonyl (C=O) groups is 4. The standard InChI is InChI=1S/C94H184O17P2/c1-6-9-12-15-18-21-24-26-28-30-32-33-34-36-42-46-50-55-60-65-70-75-80-94(99)111-90(84-105-92(97)78-73-68-63-58-53-48-44-40-38-37-39-43-47-52-56-61-66-71-76-87(4)5)86-109-113(102,103)107-82-88(95)81-106-112(100,101)108-85-89(83-104-91(96)77-72-67-62-57-51-23-20-17-14-11-8-3)110-93(98)79-74-69-64-59-54-49-45-41-35-31-29-27-25-22-19-16-13-10-7-2/h87-90,95H,6-86H2,1-5H3,(H,100,101)(H,102,103)/t88-,89+,90+/m0/s1. The number of rotatable bonds is 94. The summed E-state index contributed by atoms with van der Waals surface area (Å²) < 4.78 is 69.1. The fourth-order valence-electron chi connectivity index (χ4n) is 14.9. The van der Waals surface area contributed by atoms with Crippen molar-refractivity contribution in [3.8, 4) is 0 Å². The molecule has 0 fully saturated rings. The van der Waals surface area contributed by atoms with E-state index in [1.54, 1.807) is 0 Å². The molecular weight excluding hydrogens is 1460 g/mol. The molecule has 0 spiro atoms. The second-order valence-electron chi connectivity index (χ2n) is 34.2. The Labute approximate surface area is 696 Å². The lowest BCUT2D eigenvalue weighted by Crippen LogP contribution is -2.30. The molecule has 0 amide bonds. The number of phosphoric ester groups is 2. The molecule has 0 aliphatic carbocycles. The minimum Gasteiger partial charge on any atom is -0.462 e. The first-order valence-corrected chi connectivity index (χ1v) is 51.6. The molecule has 0 aliphatic rings.